The van der Waals surface area contributed by atoms with Gasteiger partial charge in [-0.05, 0) is 12.8 Å². The van der Waals surface area contributed by atoms with Crippen molar-refractivity contribution in [2.75, 3.05) is 5.75 Å². The molecule has 1 atom stereocenters. The molecule has 0 aliphatic heterocycles. The molecule has 0 aromatic carbocycles. The first-order valence-corrected chi connectivity index (χ1v) is 12.6. The minimum Gasteiger partial charge on any atom is -0.748 e. The van der Waals surface area contributed by atoms with Gasteiger partial charge in [-0.1, -0.05) is 110 Å². The molecule has 0 bridgehead atoms. The van der Waals surface area contributed by atoms with E-state index < -0.39 is 22.0 Å². The van der Waals surface area contributed by atoms with Crippen molar-refractivity contribution in [2.24, 2.45) is 0 Å². The van der Waals surface area contributed by atoms with Gasteiger partial charge in [0, 0.05) is 5.75 Å². The SMILES string of the molecule is CCCCCCCCCCCCCCCCCCC(O)CCS(=O)(=O)[O-].[Na+]. The largest absolute Gasteiger partial charge is 1.00 e. The van der Waals surface area contributed by atoms with Gasteiger partial charge in [-0.15, -0.1) is 0 Å². The Morgan fingerprint density at radius 2 is 1.00 bits per heavy atom. The van der Waals surface area contributed by atoms with Gasteiger partial charge in [-0.2, -0.15) is 0 Å². The number of aliphatic hydroxyl groups excluding tert-OH is 1. The fourth-order valence-corrected chi connectivity index (χ4v) is 3.91. The van der Waals surface area contributed by atoms with Gasteiger partial charge in [0.25, 0.3) is 0 Å². The average Bonchev–Trinajstić information content (AvgIpc) is 2.59. The summed E-state index contributed by atoms with van der Waals surface area (Å²) in [7, 11) is -4.19. The number of unbranched alkanes of at least 4 members (excludes halogenated alkanes) is 15. The van der Waals surface area contributed by atoms with E-state index in [1.807, 2.05) is 0 Å². The van der Waals surface area contributed by atoms with Crippen molar-refractivity contribution >= 4 is 10.1 Å². The third-order valence-electron chi connectivity index (χ3n) is 5.09. The summed E-state index contributed by atoms with van der Waals surface area (Å²) in [4.78, 5) is 0. The second-order valence-electron chi connectivity index (χ2n) is 7.80. The van der Waals surface area contributed by atoms with Crippen LogP contribution in [0, 0.1) is 0 Å². The van der Waals surface area contributed by atoms with Crippen LogP contribution < -0.4 is 29.6 Å². The van der Waals surface area contributed by atoms with Crippen molar-refractivity contribution < 1.29 is 47.6 Å². The standard InChI is InChI=1S/C21H44O4S.Na/c1-2-3-4-5-6-7-8-9-10-11-12-13-14-15-16-17-18-21(22)19-20-26(23,24)25;/h21-22H,2-20H2,1H3,(H,23,24,25);/q;+1/p-1. The minimum atomic E-state index is -4.19. The maximum atomic E-state index is 10.5. The Morgan fingerprint density at radius 3 is 1.33 bits per heavy atom. The van der Waals surface area contributed by atoms with E-state index >= 15 is 0 Å². The maximum absolute atomic E-state index is 10.5. The van der Waals surface area contributed by atoms with Crippen LogP contribution in [0.1, 0.15) is 122 Å². The molecule has 0 amide bonds. The normalized spacial score (nSPS) is 12.7. The number of hydrogen-bond acceptors (Lipinski definition) is 4. The van der Waals surface area contributed by atoms with Crippen molar-refractivity contribution in [2.45, 2.75) is 129 Å². The van der Waals surface area contributed by atoms with Gasteiger partial charge in [0.15, 0.2) is 0 Å². The topological polar surface area (TPSA) is 77.4 Å². The van der Waals surface area contributed by atoms with E-state index in [0.717, 1.165) is 12.8 Å². The quantitative estimate of drug-likeness (QED) is 0.189. The second kappa shape index (κ2) is 21.6. The van der Waals surface area contributed by atoms with Crippen LogP contribution in [0.5, 0.6) is 0 Å². The van der Waals surface area contributed by atoms with Gasteiger partial charge in [-0.3, -0.25) is 0 Å². The predicted molar refractivity (Wildman–Crippen MR) is 109 cm³/mol. The molecule has 0 spiro atoms. The van der Waals surface area contributed by atoms with Gasteiger partial charge in [-0.25, -0.2) is 8.42 Å². The molecule has 1 unspecified atom stereocenters. The van der Waals surface area contributed by atoms with Crippen LogP contribution in [0.15, 0.2) is 0 Å². The van der Waals surface area contributed by atoms with E-state index in [9.17, 15) is 18.1 Å². The monoisotopic (exact) mass is 414 g/mol. The van der Waals surface area contributed by atoms with Crippen LogP contribution in [0.2, 0.25) is 0 Å². The molecule has 0 rings (SSSR count). The molecule has 6 heteroatoms. The first-order chi connectivity index (χ1) is 12.5. The smallest absolute Gasteiger partial charge is 0.748 e. The summed E-state index contributed by atoms with van der Waals surface area (Å²) in [5, 5.41) is 9.62. The summed E-state index contributed by atoms with van der Waals surface area (Å²) in [6.07, 6.45) is 21.0. The van der Waals surface area contributed by atoms with E-state index in [4.69, 9.17) is 0 Å². The molecule has 0 aromatic rings. The van der Waals surface area contributed by atoms with Gasteiger partial charge < -0.3 is 9.66 Å². The fourth-order valence-electron chi connectivity index (χ4n) is 3.35. The summed E-state index contributed by atoms with van der Waals surface area (Å²) in [6.45, 7) is 2.26. The Bertz CT molecular complexity index is 388. The Balaban J connectivity index is 0. The van der Waals surface area contributed by atoms with E-state index in [0.29, 0.717) is 6.42 Å². The van der Waals surface area contributed by atoms with E-state index in [1.54, 1.807) is 0 Å². The third-order valence-corrected chi connectivity index (χ3v) is 5.83. The number of hydrogen-bond donors (Lipinski definition) is 1. The molecule has 4 nitrogen and oxygen atoms in total. The van der Waals surface area contributed by atoms with Crippen molar-refractivity contribution in [3.05, 3.63) is 0 Å². The van der Waals surface area contributed by atoms with Crippen molar-refractivity contribution in [3.8, 4) is 0 Å². The molecule has 0 saturated carbocycles. The predicted octanol–water partition coefficient (Wildman–Crippen LogP) is 2.94. The van der Waals surface area contributed by atoms with E-state index in [1.165, 1.54) is 89.9 Å². The van der Waals surface area contributed by atoms with Crippen LogP contribution in [0.25, 0.3) is 0 Å². The van der Waals surface area contributed by atoms with Crippen LogP contribution in [-0.2, 0) is 10.1 Å². The molecule has 1 N–H and O–H groups in total. The summed E-state index contributed by atoms with van der Waals surface area (Å²) in [5.41, 5.74) is 0. The average molecular weight is 415 g/mol. The molecular formula is C21H43NaO4S. The zero-order valence-electron chi connectivity index (χ0n) is 18.1. The second-order valence-corrected chi connectivity index (χ2v) is 9.32. The Kier molecular flexibility index (Phi) is 24.0. The zero-order chi connectivity index (χ0) is 19.5. The Morgan fingerprint density at radius 1 is 0.667 bits per heavy atom. The molecule has 0 aliphatic rings. The maximum Gasteiger partial charge on any atom is 1.00 e. The van der Waals surface area contributed by atoms with Crippen molar-refractivity contribution in [3.63, 3.8) is 0 Å². The molecule has 158 valence electrons. The molecule has 0 aromatic heterocycles. The molecule has 0 saturated heterocycles. The minimum absolute atomic E-state index is 0. The van der Waals surface area contributed by atoms with Gasteiger partial charge in [0.1, 0.15) is 0 Å². The van der Waals surface area contributed by atoms with Crippen LogP contribution in [-0.4, -0.2) is 29.9 Å². The van der Waals surface area contributed by atoms with Crippen molar-refractivity contribution in [1.29, 1.82) is 0 Å². The molecule has 0 aliphatic carbocycles. The summed E-state index contributed by atoms with van der Waals surface area (Å²) in [5.74, 6) is -0.451. The zero-order valence-corrected chi connectivity index (χ0v) is 20.9. The number of rotatable bonds is 20. The van der Waals surface area contributed by atoms with Gasteiger partial charge in [0.05, 0.1) is 16.2 Å². The summed E-state index contributed by atoms with van der Waals surface area (Å²) in [6, 6.07) is 0. The molecule has 27 heavy (non-hydrogen) atoms. The first kappa shape index (κ1) is 30.1. The third kappa shape index (κ3) is 26.9. The van der Waals surface area contributed by atoms with Crippen molar-refractivity contribution in [1.82, 2.24) is 0 Å². The molecule has 0 heterocycles. The van der Waals surface area contributed by atoms with Crippen LogP contribution in [0.4, 0.5) is 0 Å². The molecular weight excluding hydrogens is 371 g/mol. The summed E-state index contributed by atoms with van der Waals surface area (Å²) >= 11 is 0. The van der Waals surface area contributed by atoms with Crippen LogP contribution in [0.3, 0.4) is 0 Å². The number of aliphatic hydroxyl groups is 1. The Hall–Kier alpha value is 0.870. The van der Waals surface area contributed by atoms with E-state index in [2.05, 4.69) is 6.92 Å². The first-order valence-electron chi connectivity index (χ1n) is 11.1. The molecule has 0 radical (unpaired) electrons. The molecule has 0 fully saturated rings. The fraction of sp³-hybridized carbons (Fsp3) is 1.00. The van der Waals surface area contributed by atoms with Gasteiger partial charge in [0.2, 0.25) is 0 Å². The van der Waals surface area contributed by atoms with E-state index in [-0.39, 0.29) is 36.0 Å². The Labute approximate surface area is 191 Å². The summed E-state index contributed by atoms with van der Waals surface area (Å²) < 4.78 is 31.5. The van der Waals surface area contributed by atoms with Gasteiger partial charge >= 0.3 is 29.6 Å². The van der Waals surface area contributed by atoms with Crippen LogP contribution >= 0.6 is 0 Å².